The van der Waals surface area contributed by atoms with E-state index in [0.29, 0.717) is 23.1 Å². The number of anilines is 1. The fraction of sp³-hybridized carbons (Fsp3) is 0.0870. The molecular weight excluding hydrogens is 421 g/mol. The quantitative estimate of drug-likeness (QED) is 0.336. The summed E-state index contributed by atoms with van der Waals surface area (Å²) in [6.07, 6.45) is 0. The van der Waals surface area contributed by atoms with Crippen molar-refractivity contribution in [2.45, 2.75) is 13.5 Å². The van der Waals surface area contributed by atoms with Crippen molar-refractivity contribution < 1.29 is 18.7 Å². The molecule has 6 nitrogen and oxygen atoms in total. The zero-order valence-electron chi connectivity index (χ0n) is 16.6. The van der Waals surface area contributed by atoms with Gasteiger partial charge in [-0.05, 0) is 66.6 Å². The van der Waals surface area contributed by atoms with E-state index in [-0.39, 0.29) is 5.69 Å². The van der Waals surface area contributed by atoms with Gasteiger partial charge in [-0.15, -0.1) is 0 Å². The second-order valence-corrected chi connectivity index (χ2v) is 6.95. The second kappa shape index (κ2) is 10.4. The van der Waals surface area contributed by atoms with Crippen molar-refractivity contribution in [1.82, 2.24) is 5.43 Å². The van der Waals surface area contributed by atoms with E-state index < -0.39 is 17.6 Å². The number of nitrogens with one attached hydrogen (secondary N) is 2. The zero-order chi connectivity index (χ0) is 22.2. The van der Waals surface area contributed by atoms with Crippen molar-refractivity contribution in [2.75, 3.05) is 5.32 Å². The van der Waals surface area contributed by atoms with Gasteiger partial charge in [0.25, 0.3) is 0 Å². The van der Waals surface area contributed by atoms with Gasteiger partial charge in [0.05, 0.1) is 11.4 Å². The molecule has 3 aromatic carbocycles. The normalized spacial score (nSPS) is 11.0. The van der Waals surface area contributed by atoms with Crippen LogP contribution in [0.5, 0.6) is 5.75 Å². The van der Waals surface area contributed by atoms with Crippen LogP contribution >= 0.6 is 11.6 Å². The highest BCUT2D eigenvalue weighted by Gasteiger charge is 2.15. The lowest BCUT2D eigenvalue weighted by Gasteiger charge is -2.08. The van der Waals surface area contributed by atoms with Gasteiger partial charge in [-0.3, -0.25) is 9.59 Å². The van der Waals surface area contributed by atoms with E-state index in [4.69, 9.17) is 16.3 Å². The fourth-order valence-electron chi connectivity index (χ4n) is 2.53. The lowest BCUT2D eigenvalue weighted by atomic mass is 10.1. The van der Waals surface area contributed by atoms with Crippen molar-refractivity contribution in [3.05, 3.63) is 94.8 Å². The second-order valence-electron chi connectivity index (χ2n) is 6.51. The number of ether oxygens (including phenoxy) is 1. The van der Waals surface area contributed by atoms with Crippen molar-refractivity contribution >= 4 is 34.8 Å². The monoisotopic (exact) mass is 439 g/mol. The van der Waals surface area contributed by atoms with Gasteiger partial charge in [0, 0.05) is 5.02 Å². The maximum absolute atomic E-state index is 13.6. The lowest BCUT2D eigenvalue weighted by Crippen LogP contribution is -2.33. The van der Waals surface area contributed by atoms with Gasteiger partial charge in [0.2, 0.25) is 0 Å². The molecule has 0 aromatic heterocycles. The molecule has 0 fully saturated rings. The van der Waals surface area contributed by atoms with Gasteiger partial charge >= 0.3 is 11.8 Å². The topological polar surface area (TPSA) is 79.8 Å². The van der Waals surface area contributed by atoms with Crippen LogP contribution in [-0.4, -0.2) is 17.5 Å². The molecule has 0 aliphatic heterocycles. The molecule has 0 heterocycles. The number of hydrogen-bond donors (Lipinski definition) is 2. The summed E-state index contributed by atoms with van der Waals surface area (Å²) in [5.41, 5.74) is 4.27. The van der Waals surface area contributed by atoms with Gasteiger partial charge in [-0.25, -0.2) is 9.82 Å². The molecular formula is C23H19ClFN3O3. The number of para-hydroxylation sites is 1. The summed E-state index contributed by atoms with van der Waals surface area (Å²) in [6.45, 7) is 2.08. The summed E-state index contributed by atoms with van der Waals surface area (Å²) in [4.78, 5) is 23.8. The number of carbonyl (C=O) groups excluding carboxylic acids is 2. The molecule has 0 radical (unpaired) electrons. The van der Waals surface area contributed by atoms with Crippen molar-refractivity contribution in [1.29, 1.82) is 0 Å². The van der Waals surface area contributed by atoms with Crippen LogP contribution in [0.4, 0.5) is 10.1 Å². The van der Waals surface area contributed by atoms with Crippen LogP contribution in [0.25, 0.3) is 0 Å². The summed E-state index contributed by atoms with van der Waals surface area (Å²) >= 11 is 5.87. The van der Waals surface area contributed by atoms with Gasteiger partial charge in [0.15, 0.2) is 0 Å². The molecule has 2 N–H and O–H groups in total. The Kier molecular flexibility index (Phi) is 7.35. The number of benzene rings is 3. The molecule has 0 saturated heterocycles. The van der Waals surface area contributed by atoms with Crippen LogP contribution in [-0.2, 0) is 16.2 Å². The molecule has 3 rings (SSSR count). The number of rotatable bonds is 6. The van der Waals surface area contributed by atoms with Gasteiger partial charge < -0.3 is 10.1 Å². The van der Waals surface area contributed by atoms with Crippen molar-refractivity contribution in [3.8, 4) is 5.75 Å². The van der Waals surface area contributed by atoms with Crippen LogP contribution < -0.4 is 15.5 Å². The molecule has 2 amide bonds. The zero-order valence-corrected chi connectivity index (χ0v) is 17.3. The van der Waals surface area contributed by atoms with Gasteiger partial charge in [0.1, 0.15) is 18.2 Å². The van der Waals surface area contributed by atoms with E-state index in [1.807, 2.05) is 12.1 Å². The summed E-state index contributed by atoms with van der Waals surface area (Å²) in [6, 6.07) is 20.0. The Morgan fingerprint density at radius 3 is 2.32 bits per heavy atom. The minimum Gasteiger partial charge on any atom is -0.489 e. The molecule has 0 atom stereocenters. The van der Waals surface area contributed by atoms with Crippen molar-refractivity contribution in [2.24, 2.45) is 5.10 Å². The maximum Gasteiger partial charge on any atom is 0.329 e. The third-order valence-corrected chi connectivity index (χ3v) is 4.50. The molecule has 0 saturated carbocycles. The van der Waals surface area contributed by atoms with Crippen LogP contribution in [0, 0.1) is 5.82 Å². The van der Waals surface area contributed by atoms with Gasteiger partial charge in [-0.2, -0.15) is 5.10 Å². The first-order valence-electron chi connectivity index (χ1n) is 9.30. The summed E-state index contributed by atoms with van der Waals surface area (Å²) in [7, 11) is 0. The van der Waals surface area contributed by atoms with Crippen LogP contribution in [0.15, 0.2) is 77.9 Å². The van der Waals surface area contributed by atoms with Crippen LogP contribution in [0.2, 0.25) is 5.02 Å². The molecule has 158 valence electrons. The minimum absolute atomic E-state index is 0.0856. The third-order valence-electron chi connectivity index (χ3n) is 4.24. The highest BCUT2D eigenvalue weighted by Crippen LogP contribution is 2.16. The molecule has 0 bridgehead atoms. The SMILES string of the molecule is C/C(=N\NC(=O)C(=O)Nc1ccccc1F)c1ccc(OCc2ccc(Cl)cc2)cc1. The first-order valence-corrected chi connectivity index (χ1v) is 9.68. The minimum atomic E-state index is -1.02. The van der Waals surface area contributed by atoms with E-state index in [0.717, 1.165) is 11.1 Å². The van der Waals surface area contributed by atoms with Crippen LogP contribution in [0.1, 0.15) is 18.1 Å². The Morgan fingerprint density at radius 2 is 1.65 bits per heavy atom. The highest BCUT2D eigenvalue weighted by molar-refractivity contribution is 6.39. The van der Waals surface area contributed by atoms with E-state index in [2.05, 4.69) is 15.8 Å². The van der Waals surface area contributed by atoms with Crippen LogP contribution in [0.3, 0.4) is 0 Å². The van der Waals surface area contributed by atoms with E-state index in [9.17, 15) is 14.0 Å². The predicted octanol–water partition coefficient (Wildman–Crippen LogP) is 4.54. The Balaban J connectivity index is 1.53. The smallest absolute Gasteiger partial charge is 0.329 e. The van der Waals surface area contributed by atoms with E-state index >= 15 is 0 Å². The number of carbonyl (C=O) groups is 2. The summed E-state index contributed by atoms with van der Waals surface area (Å²) in [5, 5.41) is 6.78. The molecule has 0 unspecified atom stereocenters. The first-order chi connectivity index (χ1) is 14.9. The molecule has 31 heavy (non-hydrogen) atoms. The Hall–Kier alpha value is -3.71. The molecule has 3 aromatic rings. The Bertz CT molecular complexity index is 1100. The molecule has 0 aliphatic rings. The average molecular weight is 440 g/mol. The number of hydrogen-bond acceptors (Lipinski definition) is 4. The number of halogens is 2. The Labute approximate surface area is 183 Å². The number of nitrogens with zero attached hydrogens (tertiary/aromatic N) is 1. The van der Waals surface area contributed by atoms with Crippen molar-refractivity contribution in [3.63, 3.8) is 0 Å². The molecule has 0 aliphatic carbocycles. The third kappa shape index (κ3) is 6.38. The predicted molar refractivity (Wildman–Crippen MR) is 118 cm³/mol. The Morgan fingerprint density at radius 1 is 0.968 bits per heavy atom. The first kappa shape index (κ1) is 22.0. The molecule has 0 spiro atoms. The fourth-order valence-corrected chi connectivity index (χ4v) is 2.66. The standard InChI is InChI=1S/C23H19ClFN3O3/c1-15(27-28-23(30)22(29)26-21-5-3-2-4-20(21)25)17-8-12-19(13-9-17)31-14-16-6-10-18(24)11-7-16/h2-13H,14H2,1H3,(H,26,29)(H,28,30)/b27-15+. The number of hydrazone groups is 1. The largest absolute Gasteiger partial charge is 0.489 e. The van der Waals surface area contributed by atoms with Gasteiger partial charge in [-0.1, -0.05) is 35.9 Å². The lowest BCUT2D eigenvalue weighted by molar-refractivity contribution is -0.136. The summed E-state index contributed by atoms with van der Waals surface area (Å²) < 4.78 is 19.3. The summed E-state index contributed by atoms with van der Waals surface area (Å²) in [5.74, 6) is -2.00. The van der Waals surface area contributed by atoms with E-state index in [1.54, 1.807) is 49.4 Å². The molecule has 8 heteroatoms. The van der Waals surface area contributed by atoms with E-state index in [1.165, 1.54) is 18.2 Å². The highest BCUT2D eigenvalue weighted by atomic mass is 35.5. The maximum atomic E-state index is 13.6. The number of amides is 2. The average Bonchev–Trinajstić information content (AvgIpc) is 2.78.